The van der Waals surface area contributed by atoms with Crippen molar-refractivity contribution in [2.75, 3.05) is 11.9 Å². The number of hydrogen-bond donors (Lipinski definition) is 1. The molecule has 0 saturated heterocycles. The van der Waals surface area contributed by atoms with E-state index in [-0.39, 0.29) is 23.9 Å². The molecular weight excluding hydrogens is 320 g/mol. The van der Waals surface area contributed by atoms with Gasteiger partial charge in [0.1, 0.15) is 6.54 Å². The van der Waals surface area contributed by atoms with Crippen molar-refractivity contribution >= 4 is 17.5 Å². The highest BCUT2D eigenvalue weighted by molar-refractivity contribution is 5.91. The van der Waals surface area contributed by atoms with Gasteiger partial charge >= 0.3 is 0 Å². The van der Waals surface area contributed by atoms with E-state index in [0.29, 0.717) is 19.5 Å². The molecule has 1 aromatic heterocycles. The lowest BCUT2D eigenvalue weighted by atomic mass is 10.1. The summed E-state index contributed by atoms with van der Waals surface area (Å²) in [6.07, 6.45) is 0.578. The fourth-order valence-electron chi connectivity index (χ4n) is 2.86. The molecule has 3 rings (SSSR count). The summed E-state index contributed by atoms with van der Waals surface area (Å²) in [5, 5.41) is 7.11. The van der Waals surface area contributed by atoms with E-state index in [1.54, 1.807) is 4.90 Å². The SMILES string of the molecule is CC(=O)N1CCc2nn(CC(=O)Nc3ccccc3C)c(=O)cc2C1. The van der Waals surface area contributed by atoms with Crippen molar-refractivity contribution in [1.29, 1.82) is 0 Å². The van der Waals surface area contributed by atoms with E-state index in [2.05, 4.69) is 10.4 Å². The normalized spacial score (nSPS) is 13.3. The maximum atomic E-state index is 12.2. The number of nitrogens with one attached hydrogen (secondary N) is 1. The van der Waals surface area contributed by atoms with Crippen molar-refractivity contribution in [3.63, 3.8) is 0 Å². The fourth-order valence-corrected chi connectivity index (χ4v) is 2.86. The van der Waals surface area contributed by atoms with Gasteiger partial charge in [-0.15, -0.1) is 0 Å². The molecule has 0 unspecified atom stereocenters. The average molecular weight is 340 g/mol. The Labute approximate surface area is 145 Å². The van der Waals surface area contributed by atoms with E-state index in [4.69, 9.17) is 0 Å². The van der Waals surface area contributed by atoms with Gasteiger partial charge in [-0.25, -0.2) is 4.68 Å². The Bertz CT molecular complexity index is 888. The third-order valence-electron chi connectivity index (χ3n) is 4.30. The van der Waals surface area contributed by atoms with Crippen molar-refractivity contribution < 1.29 is 9.59 Å². The Morgan fingerprint density at radius 1 is 1.28 bits per heavy atom. The Morgan fingerprint density at radius 2 is 2.04 bits per heavy atom. The predicted molar refractivity (Wildman–Crippen MR) is 93.1 cm³/mol. The van der Waals surface area contributed by atoms with E-state index < -0.39 is 0 Å². The minimum Gasteiger partial charge on any atom is -0.338 e. The van der Waals surface area contributed by atoms with Gasteiger partial charge in [-0.1, -0.05) is 18.2 Å². The van der Waals surface area contributed by atoms with Gasteiger partial charge in [0, 0.05) is 43.8 Å². The third-order valence-corrected chi connectivity index (χ3v) is 4.30. The molecule has 2 amide bonds. The minimum atomic E-state index is -0.343. The summed E-state index contributed by atoms with van der Waals surface area (Å²) in [6, 6.07) is 8.92. The third kappa shape index (κ3) is 3.76. The van der Waals surface area contributed by atoms with Crippen LogP contribution in [0.3, 0.4) is 0 Å². The van der Waals surface area contributed by atoms with E-state index in [0.717, 1.165) is 22.5 Å². The van der Waals surface area contributed by atoms with Crippen LogP contribution in [0.4, 0.5) is 5.69 Å². The first-order valence-corrected chi connectivity index (χ1v) is 8.15. The van der Waals surface area contributed by atoms with Gasteiger partial charge in [0.25, 0.3) is 5.56 Å². The molecule has 2 aromatic rings. The van der Waals surface area contributed by atoms with Crippen molar-refractivity contribution in [1.82, 2.24) is 14.7 Å². The summed E-state index contributed by atoms with van der Waals surface area (Å²) in [4.78, 5) is 37.6. The number of carbonyl (C=O) groups is 2. The molecule has 130 valence electrons. The van der Waals surface area contributed by atoms with Crippen LogP contribution in [0.15, 0.2) is 35.1 Å². The molecule has 1 aliphatic rings. The van der Waals surface area contributed by atoms with Crippen LogP contribution in [-0.4, -0.2) is 33.0 Å². The molecule has 7 nitrogen and oxygen atoms in total. The zero-order chi connectivity index (χ0) is 18.0. The van der Waals surface area contributed by atoms with Gasteiger partial charge in [-0.05, 0) is 18.6 Å². The number of hydrogen-bond acceptors (Lipinski definition) is 4. The highest BCUT2D eigenvalue weighted by Crippen LogP contribution is 2.15. The van der Waals surface area contributed by atoms with E-state index in [1.807, 2.05) is 31.2 Å². The summed E-state index contributed by atoms with van der Waals surface area (Å²) >= 11 is 0. The number of fused-ring (bicyclic) bond motifs is 1. The van der Waals surface area contributed by atoms with Crippen LogP contribution in [0.25, 0.3) is 0 Å². The largest absolute Gasteiger partial charge is 0.338 e. The number of anilines is 1. The molecule has 1 aromatic carbocycles. The van der Waals surface area contributed by atoms with Gasteiger partial charge < -0.3 is 10.2 Å². The molecule has 0 fully saturated rings. The summed E-state index contributed by atoms with van der Waals surface area (Å²) in [7, 11) is 0. The second kappa shape index (κ2) is 6.88. The van der Waals surface area contributed by atoms with Crippen LogP contribution in [0, 0.1) is 6.92 Å². The van der Waals surface area contributed by atoms with E-state index >= 15 is 0 Å². The topological polar surface area (TPSA) is 84.3 Å². The second-order valence-corrected chi connectivity index (χ2v) is 6.17. The molecule has 0 atom stereocenters. The van der Waals surface area contributed by atoms with Gasteiger partial charge in [-0.3, -0.25) is 14.4 Å². The van der Waals surface area contributed by atoms with Gasteiger partial charge in [0.15, 0.2) is 0 Å². The molecular formula is C18H20N4O3. The molecule has 0 spiro atoms. The Kier molecular flexibility index (Phi) is 4.65. The maximum Gasteiger partial charge on any atom is 0.267 e. The number of nitrogens with zero attached hydrogens (tertiary/aromatic N) is 3. The number of benzene rings is 1. The zero-order valence-corrected chi connectivity index (χ0v) is 14.3. The Balaban J connectivity index is 1.76. The first-order valence-electron chi connectivity index (χ1n) is 8.15. The molecule has 0 saturated carbocycles. The van der Waals surface area contributed by atoms with Crippen LogP contribution in [-0.2, 0) is 29.1 Å². The lowest BCUT2D eigenvalue weighted by molar-refractivity contribution is -0.129. The van der Waals surface area contributed by atoms with Gasteiger partial charge in [0.2, 0.25) is 11.8 Å². The van der Waals surface area contributed by atoms with Crippen molar-refractivity contribution in [2.24, 2.45) is 0 Å². The average Bonchev–Trinajstić information content (AvgIpc) is 2.57. The molecule has 2 heterocycles. The van der Waals surface area contributed by atoms with Gasteiger partial charge in [0.05, 0.1) is 5.69 Å². The molecule has 0 aliphatic carbocycles. The van der Waals surface area contributed by atoms with Crippen molar-refractivity contribution in [3.05, 3.63) is 57.5 Å². The molecule has 0 radical (unpaired) electrons. The lowest BCUT2D eigenvalue weighted by Crippen LogP contribution is -2.38. The summed E-state index contributed by atoms with van der Waals surface area (Å²) in [6.45, 7) is 4.23. The first kappa shape index (κ1) is 16.9. The van der Waals surface area contributed by atoms with Crippen LogP contribution in [0.1, 0.15) is 23.7 Å². The molecule has 1 N–H and O–H groups in total. The number of amides is 2. The van der Waals surface area contributed by atoms with Crippen molar-refractivity contribution in [2.45, 2.75) is 33.4 Å². The first-order chi connectivity index (χ1) is 11.9. The predicted octanol–water partition coefficient (Wildman–Crippen LogP) is 1.10. The smallest absolute Gasteiger partial charge is 0.267 e. The number of para-hydroxylation sites is 1. The quantitative estimate of drug-likeness (QED) is 0.907. The standard InChI is InChI=1S/C18H20N4O3/c1-12-5-3-4-6-15(12)19-17(24)11-22-18(25)9-14-10-21(13(2)23)8-7-16(14)20-22/h3-6,9H,7-8,10-11H2,1-2H3,(H,19,24). The molecule has 0 bridgehead atoms. The van der Waals surface area contributed by atoms with Gasteiger partial charge in [-0.2, -0.15) is 5.10 Å². The van der Waals surface area contributed by atoms with E-state index in [9.17, 15) is 14.4 Å². The lowest BCUT2D eigenvalue weighted by Gasteiger charge is -2.27. The fraction of sp³-hybridized carbons (Fsp3) is 0.333. The summed E-state index contributed by atoms with van der Waals surface area (Å²) in [5.41, 5.74) is 2.84. The van der Waals surface area contributed by atoms with Crippen LogP contribution < -0.4 is 10.9 Å². The number of carbonyl (C=O) groups excluding carboxylic acids is 2. The van der Waals surface area contributed by atoms with Crippen LogP contribution in [0.5, 0.6) is 0 Å². The number of aryl methyl sites for hydroxylation is 1. The van der Waals surface area contributed by atoms with Crippen LogP contribution >= 0.6 is 0 Å². The zero-order valence-electron chi connectivity index (χ0n) is 14.3. The van der Waals surface area contributed by atoms with E-state index in [1.165, 1.54) is 17.7 Å². The second-order valence-electron chi connectivity index (χ2n) is 6.17. The maximum absolute atomic E-state index is 12.2. The monoisotopic (exact) mass is 340 g/mol. The molecule has 7 heteroatoms. The summed E-state index contributed by atoms with van der Waals surface area (Å²) < 4.78 is 1.18. The molecule has 25 heavy (non-hydrogen) atoms. The number of rotatable bonds is 3. The highest BCUT2D eigenvalue weighted by atomic mass is 16.2. The summed E-state index contributed by atoms with van der Waals surface area (Å²) in [5.74, 6) is -0.322. The highest BCUT2D eigenvalue weighted by Gasteiger charge is 2.21. The van der Waals surface area contributed by atoms with Crippen LogP contribution in [0.2, 0.25) is 0 Å². The minimum absolute atomic E-state index is 0.0209. The molecule has 1 aliphatic heterocycles. The Hall–Kier alpha value is -2.96. The number of aromatic nitrogens is 2. The Morgan fingerprint density at radius 3 is 2.76 bits per heavy atom. The van der Waals surface area contributed by atoms with Crippen molar-refractivity contribution in [3.8, 4) is 0 Å².